The van der Waals surface area contributed by atoms with E-state index in [1.54, 1.807) is 0 Å². The standard InChI is InChI=1S/C19H23NO2/c1-15(20-11-19(12-21)13-22-14-19)16-7-9-18(10-8-16)17-5-3-2-4-6-17/h2-10,15,20-21H,11-14H2,1H3. The zero-order valence-electron chi connectivity index (χ0n) is 13.0. The van der Waals surface area contributed by atoms with Crippen molar-refractivity contribution in [1.29, 1.82) is 0 Å². The lowest BCUT2D eigenvalue weighted by atomic mass is 9.86. The molecule has 1 aliphatic rings. The fourth-order valence-electron chi connectivity index (χ4n) is 2.72. The number of rotatable bonds is 6. The van der Waals surface area contributed by atoms with Crippen LogP contribution in [0.4, 0.5) is 0 Å². The van der Waals surface area contributed by atoms with E-state index in [0.29, 0.717) is 13.2 Å². The zero-order chi connectivity index (χ0) is 15.4. The number of aliphatic hydroxyl groups excluding tert-OH is 1. The van der Waals surface area contributed by atoms with Crippen LogP contribution in [0.5, 0.6) is 0 Å². The zero-order valence-corrected chi connectivity index (χ0v) is 13.0. The largest absolute Gasteiger partial charge is 0.396 e. The van der Waals surface area contributed by atoms with Crippen LogP contribution in [0.1, 0.15) is 18.5 Å². The van der Waals surface area contributed by atoms with Gasteiger partial charge in [0.2, 0.25) is 0 Å². The molecule has 0 amide bonds. The number of hydrogen-bond donors (Lipinski definition) is 2. The summed E-state index contributed by atoms with van der Waals surface area (Å²) >= 11 is 0. The van der Waals surface area contributed by atoms with Crippen LogP contribution in [0.2, 0.25) is 0 Å². The van der Waals surface area contributed by atoms with Crippen LogP contribution in [-0.2, 0) is 4.74 Å². The Morgan fingerprint density at radius 1 is 1.05 bits per heavy atom. The van der Waals surface area contributed by atoms with E-state index in [1.807, 2.05) is 6.07 Å². The summed E-state index contributed by atoms with van der Waals surface area (Å²) in [5.74, 6) is 0. The fraction of sp³-hybridized carbons (Fsp3) is 0.368. The van der Waals surface area contributed by atoms with Gasteiger partial charge in [-0.1, -0.05) is 54.6 Å². The van der Waals surface area contributed by atoms with Crippen molar-refractivity contribution in [2.45, 2.75) is 13.0 Å². The summed E-state index contributed by atoms with van der Waals surface area (Å²) in [6.45, 7) is 4.42. The molecule has 3 rings (SSSR count). The second-order valence-corrected chi connectivity index (χ2v) is 6.24. The Bertz CT molecular complexity index is 585. The highest BCUT2D eigenvalue weighted by Gasteiger charge is 2.37. The van der Waals surface area contributed by atoms with Crippen molar-refractivity contribution < 1.29 is 9.84 Å². The van der Waals surface area contributed by atoms with Gasteiger partial charge in [-0.3, -0.25) is 0 Å². The van der Waals surface area contributed by atoms with E-state index in [-0.39, 0.29) is 18.1 Å². The SMILES string of the molecule is CC(NCC1(CO)COC1)c1ccc(-c2ccccc2)cc1. The summed E-state index contributed by atoms with van der Waals surface area (Å²) < 4.78 is 5.23. The van der Waals surface area contributed by atoms with Crippen molar-refractivity contribution in [3.8, 4) is 11.1 Å². The molecule has 3 nitrogen and oxygen atoms in total. The van der Waals surface area contributed by atoms with Crippen molar-refractivity contribution in [3.05, 3.63) is 60.2 Å². The number of aliphatic hydroxyl groups is 1. The summed E-state index contributed by atoms with van der Waals surface area (Å²) in [4.78, 5) is 0. The van der Waals surface area contributed by atoms with Gasteiger partial charge in [0.05, 0.1) is 25.2 Å². The average molecular weight is 297 g/mol. The van der Waals surface area contributed by atoms with Crippen LogP contribution < -0.4 is 5.32 Å². The van der Waals surface area contributed by atoms with Gasteiger partial charge in [-0.15, -0.1) is 0 Å². The molecular formula is C19H23NO2. The molecule has 2 N–H and O–H groups in total. The molecule has 22 heavy (non-hydrogen) atoms. The van der Waals surface area contributed by atoms with E-state index < -0.39 is 0 Å². The molecule has 0 aliphatic carbocycles. The van der Waals surface area contributed by atoms with Gasteiger partial charge in [-0.2, -0.15) is 0 Å². The lowest BCUT2D eigenvalue weighted by Gasteiger charge is -2.40. The lowest BCUT2D eigenvalue weighted by Crippen LogP contribution is -2.52. The molecule has 0 spiro atoms. The van der Waals surface area contributed by atoms with Crippen LogP contribution in [0.3, 0.4) is 0 Å². The van der Waals surface area contributed by atoms with Gasteiger partial charge < -0.3 is 15.2 Å². The summed E-state index contributed by atoms with van der Waals surface area (Å²) in [5, 5.41) is 13.0. The second kappa shape index (κ2) is 6.61. The molecule has 1 saturated heterocycles. The van der Waals surface area contributed by atoms with Crippen LogP contribution >= 0.6 is 0 Å². The van der Waals surface area contributed by atoms with Crippen molar-refractivity contribution in [2.75, 3.05) is 26.4 Å². The average Bonchev–Trinajstić information content (AvgIpc) is 2.55. The smallest absolute Gasteiger partial charge is 0.0579 e. The molecule has 0 saturated carbocycles. The van der Waals surface area contributed by atoms with Gasteiger partial charge in [0, 0.05) is 12.6 Å². The minimum absolute atomic E-state index is 0.0851. The molecule has 1 aliphatic heterocycles. The third-order valence-electron chi connectivity index (χ3n) is 4.45. The van der Waals surface area contributed by atoms with Crippen molar-refractivity contribution >= 4 is 0 Å². The molecule has 1 unspecified atom stereocenters. The van der Waals surface area contributed by atoms with Crippen molar-refractivity contribution in [3.63, 3.8) is 0 Å². The number of benzene rings is 2. The Hall–Kier alpha value is -1.68. The van der Waals surface area contributed by atoms with Crippen LogP contribution in [0, 0.1) is 5.41 Å². The monoisotopic (exact) mass is 297 g/mol. The minimum atomic E-state index is -0.0851. The maximum absolute atomic E-state index is 9.46. The molecule has 1 atom stereocenters. The molecule has 1 heterocycles. The van der Waals surface area contributed by atoms with Gasteiger partial charge in [-0.25, -0.2) is 0 Å². The highest BCUT2D eigenvalue weighted by molar-refractivity contribution is 5.63. The topological polar surface area (TPSA) is 41.5 Å². The van der Waals surface area contributed by atoms with Crippen LogP contribution in [0.15, 0.2) is 54.6 Å². The fourth-order valence-corrected chi connectivity index (χ4v) is 2.72. The lowest BCUT2D eigenvalue weighted by molar-refractivity contribution is -0.135. The first-order valence-electron chi connectivity index (χ1n) is 7.80. The maximum atomic E-state index is 9.46. The first-order valence-corrected chi connectivity index (χ1v) is 7.80. The van der Waals surface area contributed by atoms with Gasteiger partial charge in [-0.05, 0) is 23.6 Å². The number of nitrogens with one attached hydrogen (secondary N) is 1. The van der Waals surface area contributed by atoms with Gasteiger partial charge in [0.1, 0.15) is 0 Å². The third kappa shape index (κ3) is 3.22. The summed E-state index contributed by atoms with van der Waals surface area (Å²) in [7, 11) is 0. The highest BCUT2D eigenvalue weighted by Crippen LogP contribution is 2.27. The predicted octanol–water partition coefficient (Wildman–Crippen LogP) is 3.01. The molecule has 0 radical (unpaired) electrons. The summed E-state index contributed by atoms with van der Waals surface area (Å²) in [6.07, 6.45) is 0. The van der Waals surface area contributed by atoms with E-state index in [1.165, 1.54) is 16.7 Å². The van der Waals surface area contributed by atoms with E-state index >= 15 is 0 Å². The summed E-state index contributed by atoms with van der Waals surface area (Å²) in [5.41, 5.74) is 3.64. The van der Waals surface area contributed by atoms with E-state index in [2.05, 4.69) is 60.8 Å². The van der Waals surface area contributed by atoms with Gasteiger partial charge in [0.15, 0.2) is 0 Å². The molecule has 0 bridgehead atoms. The van der Waals surface area contributed by atoms with E-state index in [9.17, 15) is 5.11 Å². The van der Waals surface area contributed by atoms with E-state index in [0.717, 1.165) is 6.54 Å². The Morgan fingerprint density at radius 2 is 1.68 bits per heavy atom. The van der Waals surface area contributed by atoms with Crippen molar-refractivity contribution in [2.24, 2.45) is 5.41 Å². The van der Waals surface area contributed by atoms with Crippen LogP contribution in [-0.4, -0.2) is 31.5 Å². The molecule has 116 valence electrons. The maximum Gasteiger partial charge on any atom is 0.0579 e. The first kappa shape index (κ1) is 15.2. The number of hydrogen-bond acceptors (Lipinski definition) is 3. The quantitative estimate of drug-likeness (QED) is 0.861. The third-order valence-corrected chi connectivity index (χ3v) is 4.45. The van der Waals surface area contributed by atoms with Crippen molar-refractivity contribution in [1.82, 2.24) is 5.32 Å². The van der Waals surface area contributed by atoms with Gasteiger partial charge >= 0.3 is 0 Å². The predicted molar refractivity (Wildman–Crippen MR) is 88.6 cm³/mol. The Kier molecular flexibility index (Phi) is 4.57. The van der Waals surface area contributed by atoms with E-state index in [4.69, 9.17) is 4.74 Å². The Labute approximate surface area is 131 Å². The minimum Gasteiger partial charge on any atom is -0.396 e. The molecule has 2 aromatic rings. The van der Waals surface area contributed by atoms with Crippen LogP contribution in [0.25, 0.3) is 11.1 Å². The molecule has 2 aromatic carbocycles. The first-order chi connectivity index (χ1) is 10.7. The van der Waals surface area contributed by atoms with Gasteiger partial charge in [0.25, 0.3) is 0 Å². The second-order valence-electron chi connectivity index (χ2n) is 6.24. The highest BCUT2D eigenvalue weighted by atomic mass is 16.5. The normalized spacial score (nSPS) is 17.7. The Balaban J connectivity index is 1.62. The molecule has 0 aromatic heterocycles. The summed E-state index contributed by atoms with van der Waals surface area (Å²) in [6, 6.07) is 19.3. The number of ether oxygens (including phenoxy) is 1. The molecular weight excluding hydrogens is 274 g/mol. The molecule has 1 fully saturated rings. The Morgan fingerprint density at radius 3 is 2.23 bits per heavy atom. The molecule has 3 heteroatoms.